The number of halogens is 6. The number of nitrogens with one attached hydrogen (secondary N) is 3. The molecule has 0 bridgehead atoms. The normalized spacial score (nSPS) is 19.6. The van der Waals surface area contributed by atoms with Crippen LogP contribution in [-0.2, 0) is 17.1 Å². The van der Waals surface area contributed by atoms with Crippen molar-refractivity contribution in [1.82, 2.24) is 25.6 Å². The van der Waals surface area contributed by atoms with Crippen LogP contribution in [0.3, 0.4) is 0 Å². The molecule has 0 aliphatic carbocycles. The van der Waals surface area contributed by atoms with Gasteiger partial charge in [-0.2, -0.15) is 36.5 Å². The van der Waals surface area contributed by atoms with Gasteiger partial charge in [-0.15, -0.1) is 0 Å². The van der Waals surface area contributed by atoms with E-state index in [1.165, 1.54) is 6.07 Å². The number of piperazine rings is 1. The summed E-state index contributed by atoms with van der Waals surface area (Å²) >= 11 is 0. The zero-order chi connectivity index (χ0) is 27.9. The highest BCUT2D eigenvalue weighted by Gasteiger charge is 2.41. The average molecular weight is 552 g/mol. The highest BCUT2D eigenvalue weighted by molar-refractivity contribution is 5.84. The van der Waals surface area contributed by atoms with Gasteiger partial charge in [-0.25, -0.2) is 15.1 Å². The molecule has 0 amide bonds. The minimum absolute atomic E-state index is 0.172. The van der Waals surface area contributed by atoms with E-state index in [1.54, 1.807) is 15.0 Å². The van der Waals surface area contributed by atoms with Gasteiger partial charge in [0.2, 0.25) is 0 Å². The zero-order valence-electron chi connectivity index (χ0n) is 19.5. The first-order valence-corrected chi connectivity index (χ1v) is 11.0. The quantitative estimate of drug-likeness (QED) is 0.246. The van der Waals surface area contributed by atoms with Gasteiger partial charge in [0.1, 0.15) is 36.0 Å². The van der Waals surface area contributed by atoms with Crippen molar-refractivity contribution in [2.45, 2.75) is 37.5 Å². The van der Waals surface area contributed by atoms with Gasteiger partial charge in [-0.1, -0.05) is 0 Å². The van der Waals surface area contributed by atoms with Crippen LogP contribution < -0.4 is 21.2 Å². The van der Waals surface area contributed by atoms with E-state index in [-0.39, 0.29) is 12.4 Å². The summed E-state index contributed by atoms with van der Waals surface area (Å²) in [6.45, 7) is 1.68. The largest absolute Gasteiger partial charge is 0.423 e. The first-order valence-electron chi connectivity index (χ1n) is 11.0. The molecule has 38 heavy (non-hydrogen) atoms. The van der Waals surface area contributed by atoms with Gasteiger partial charge in [0.25, 0.3) is 11.5 Å². The van der Waals surface area contributed by atoms with Crippen LogP contribution in [0.15, 0.2) is 34.3 Å². The van der Waals surface area contributed by atoms with Crippen molar-refractivity contribution < 1.29 is 41.3 Å². The van der Waals surface area contributed by atoms with Crippen molar-refractivity contribution in [3.8, 4) is 0 Å². The zero-order valence-corrected chi connectivity index (χ0v) is 19.5. The van der Waals surface area contributed by atoms with Crippen molar-refractivity contribution in [3.63, 3.8) is 0 Å². The van der Waals surface area contributed by atoms with E-state index < -0.39 is 59.5 Å². The van der Waals surface area contributed by atoms with E-state index in [4.69, 9.17) is 4.74 Å². The standard InChI is InChI=1S/C20H22F6N8O4/c1-10(29-12-7-28-31-17(35)16(12)19(24,25)26)20(36,37)38-9-13-30-15-8-33(4-5-34(15)32-13)14-3-2-11(6-27-14)18(21,22)23/h2-3,6-7,10,15,36-37H,4-5,8-9H2,1H3,(H,30,32)(H2,29,31,35)/t10-,15?/m0/s1. The maximum absolute atomic E-state index is 13.2. The SMILES string of the molecule is C[C@H](Nc1cn[nH]c(=O)c1C(F)(F)F)C(O)(O)OCC1=NC2CN(c3ccc(C(F)(F)F)cn3)CCN2N1. The highest BCUT2D eigenvalue weighted by atomic mass is 19.4. The van der Waals surface area contributed by atoms with Crippen LogP contribution in [-0.4, -0.2) is 80.7 Å². The predicted molar refractivity (Wildman–Crippen MR) is 119 cm³/mol. The van der Waals surface area contributed by atoms with Crippen LogP contribution in [0.25, 0.3) is 0 Å². The summed E-state index contributed by atoms with van der Waals surface area (Å²) in [6.07, 6.45) is -8.62. The summed E-state index contributed by atoms with van der Waals surface area (Å²) in [6, 6.07) is 0.633. The molecule has 4 rings (SSSR count). The molecule has 4 heterocycles. The molecule has 1 unspecified atom stereocenters. The van der Waals surface area contributed by atoms with Gasteiger partial charge in [-0.3, -0.25) is 4.79 Å². The summed E-state index contributed by atoms with van der Waals surface area (Å²) in [5.74, 6) is -2.49. The third kappa shape index (κ3) is 5.98. The number of alkyl halides is 6. The molecule has 5 N–H and O–H groups in total. The highest BCUT2D eigenvalue weighted by Crippen LogP contribution is 2.32. The molecule has 0 aromatic carbocycles. The monoisotopic (exact) mass is 552 g/mol. The minimum Gasteiger partial charge on any atom is -0.373 e. The lowest BCUT2D eigenvalue weighted by molar-refractivity contribution is -0.337. The Kier molecular flexibility index (Phi) is 7.26. The van der Waals surface area contributed by atoms with E-state index >= 15 is 0 Å². The number of anilines is 2. The van der Waals surface area contributed by atoms with E-state index in [2.05, 4.69) is 25.8 Å². The molecule has 1 saturated heterocycles. The third-order valence-corrected chi connectivity index (χ3v) is 5.83. The van der Waals surface area contributed by atoms with Crippen LogP contribution in [0.1, 0.15) is 18.1 Å². The average Bonchev–Trinajstić information content (AvgIpc) is 3.24. The van der Waals surface area contributed by atoms with Gasteiger partial charge in [0.15, 0.2) is 0 Å². The Morgan fingerprint density at radius 2 is 1.89 bits per heavy atom. The third-order valence-electron chi connectivity index (χ3n) is 5.83. The fraction of sp³-hybridized carbons (Fsp3) is 0.500. The molecule has 0 radical (unpaired) electrons. The molecule has 2 aromatic rings. The number of fused-ring (bicyclic) bond motifs is 1. The number of aliphatic imine (C=N–C) groups is 1. The number of amidine groups is 1. The number of hydrogen-bond acceptors (Lipinski definition) is 11. The van der Waals surface area contributed by atoms with Crippen molar-refractivity contribution in [1.29, 1.82) is 0 Å². The summed E-state index contributed by atoms with van der Waals surface area (Å²) < 4.78 is 83.1. The lowest BCUT2D eigenvalue weighted by atomic mass is 10.2. The Bertz CT molecular complexity index is 1230. The fourth-order valence-corrected chi connectivity index (χ4v) is 3.81. The van der Waals surface area contributed by atoms with E-state index in [0.29, 0.717) is 25.1 Å². The van der Waals surface area contributed by atoms with Crippen LogP contribution in [0.5, 0.6) is 0 Å². The van der Waals surface area contributed by atoms with E-state index in [9.17, 15) is 41.4 Å². The second-order valence-electron chi connectivity index (χ2n) is 8.51. The maximum atomic E-state index is 13.2. The molecule has 208 valence electrons. The number of hydrogen-bond donors (Lipinski definition) is 5. The summed E-state index contributed by atoms with van der Waals surface area (Å²) in [5, 5.41) is 29.4. The number of rotatable bonds is 7. The Balaban J connectivity index is 1.36. The Hall–Kier alpha value is -3.48. The van der Waals surface area contributed by atoms with Crippen molar-refractivity contribution in [2.24, 2.45) is 4.99 Å². The van der Waals surface area contributed by atoms with Crippen LogP contribution in [0.2, 0.25) is 0 Å². The maximum Gasteiger partial charge on any atom is 0.423 e. The number of aromatic nitrogens is 3. The number of hydrazine groups is 1. The molecule has 2 aliphatic heterocycles. The van der Waals surface area contributed by atoms with Gasteiger partial charge in [0.05, 0.1) is 24.0 Å². The number of aromatic amines is 1. The van der Waals surface area contributed by atoms with Gasteiger partial charge in [0, 0.05) is 19.3 Å². The Morgan fingerprint density at radius 3 is 2.53 bits per heavy atom. The Labute approximate surface area is 209 Å². The number of pyridine rings is 1. The molecular weight excluding hydrogens is 530 g/mol. The van der Waals surface area contributed by atoms with Gasteiger partial charge >= 0.3 is 12.4 Å². The first kappa shape index (κ1) is 27.6. The molecule has 2 atom stereocenters. The predicted octanol–water partition coefficient (Wildman–Crippen LogP) is 0.723. The molecule has 0 saturated carbocycles. The second kappa shape index (κ2) is 10.0. The first-order chi connectivity index (χ1) is 17.6. The minimum atomic E-state index is -5.04. The lowest BCUT2D eigenvalue weighted by Crippen LogP contribution is -2.55. The van der Waals surface area contributed by atoms with E-state index in [1.807, 2.05) is 0 Å². The lowest BCUT2D eigenvalue weighted by Gasteiger charge is -2.36. The second-order valence-corrected chi connectivity index (χ2v) is 8.51. The van der Waals surface area contributed by atoms with Crippen molar-refractivity contribution >= 4 is 17.3 Å². The molecular formula is C20H22F6N8O4. The Morgan fingerprint density at radius 1 is 1.16 bits per heavy atom. The topological polar surface area (TPSA) is 151 Å². The van der Waals surface area contributed by atoms with Crippen LogP contribution >= 0.6 is 0 Å². The van der Waals surface area contributed by atoms with Gasteiger partial charge < -0.3 is 30.6 Å². The number of aliphatic hydroxyl groups is 2. The summed E-state index contributed by atoms with van der Waals surface area (Å²) in [4.78, 5) is 21.6. The number of H-pyrrole nitrogens is 1. The van der Waals surface area contributed by atoms with Crippen LogP contribution in [0.4, 0.5) is 37.8 Å². The number of ether oxygens (including phenoxy) is 1. The summed E-state index contributed by atoms with van der Waals surface area (Å²) in [5.41, 5.74) is -1.86. The van der Waals surface area contributed by atoms with Crippen molar-refractivity contribution in [3.05, 3.63) is 46.0 Å². The molecule has 12 nitrogen and oxygen atoms in total. The number of nitrogens with zero attached hydrogens (tertiary/aromatic N) is 5. The fourth-order valence-electron chi connectivity index (χ4n) is 3.81. The van der Waals surface area contributed by atoms with Gasteiger partial charge in [-0.05, 0) is 19.1 Å². The van der Waals surface area contributed by atoms with Crippen LogP contribution in [0, 0.1) is 0 Å². The molecule has 18 heteroatoms. The summed E-state index contributed by atoms with van der Waals surface area (Å²) in [7, 11) is 0. The van der Waals surface area contributed by atoms with Crippen molar-refractivity contribution in [2.75, 3.05) is 36.5 Å². The smallest absolute Gasteiger partial charge is 0.373 e. The molecule has 2 aromatic heterocycles. The molecule has 2 aliphatic rings. The molecule has 1 fully saturated rings. The molecule has 0 spiro atoms. The van der Waals surface area contributed by atoms with E-state index in [0.717, 1.165) is 19.2 Å².